The van der Waals surface area contributed by atoms with E-state index in [1.54, 1.807) is 11.3 Å². The number of thiophene rings is 1. The van der Waals surface area contributed by atoms with Gasteiger partial charge < -0.3 is 5.32 Å². The molecule has 90 valence electrons. The average Bonchev–Trinajstić information content (AvgIpc) is 2.78. The lowest BCUT2D eigenvalue weighted by Crippen LogP contribution is -2.23. The zero-order chi connectivity index (χ0) is 12.1. The van der Waals surface area contributed by atoms with Crippen molar-refractivity contribution < 1.29 is 0 Å². The highest BCUT2D eigenvalue weighted by Gasteiger charge is 2.17. The van der Waals surface area contributed by atoms with Crippen molar-refractivity contribution in [3.05, 3.63) is 52.0 Å². The largest absolute Gasteiger partial charge is 0.304 e. The van der Waals surface area contributed by atoms with Crippen LogP contribution < -0.4 is 5.32 Å². The Morgan fingerprint density at radius 1 is 1.35 bits per heavy atom. The second-order valence-electron chi connectivity index (χ2n) is 4.11. The normalized spacial score (nSPS) is 12.6. The van der Waals surface area contributed by atoms with Gasteiger partial charge in [0.2, 0.25) is 0 Å². The minimum absolute atomic E-state index is 0.233. The van der Waals surface area contributed by atoms with Gasteiger partial charge >= 0.3 is 0 Å². The number of hydrogen-bond donors (Lipinski definition) is 1. The van der Waals surface area contributed by atoms with E-state index in [0.717, 1.165) is 18.7 Å². The van der Waals surface area contributed by atoms with Crippen LogP contribution in [0.1, 0.15) is 35.5 Å². The Morgan fingerprint density at radius 2 is 2.24 bits per heavy atom. The molecule has 0 amide bonds. The maximum absolute atomic E-state index is 4.47. The SMILES string of the molecule is CCCNC(c1ccccn1)c1sccc1C. The first-order valence-corrected chi connectivity index (χ1v) is 6.89. The molecule has 0 fully saturated rings. The van der Waals surface area contributed by atoms with Crippen LogP contribution in [0, 0.1) is 6.92 Å². The summed E-state index contributed by atoms with van der Waals surface area (Å²) in [6, 6.07) is 8.50. The molecule has 2 aromatic heterocycles. The number of hydrogen-bond acceptors (Lipinski definition) is 3. The molecule has 0 saturated carbocycles. The highest BCUT2D eigenvalue weighted by Crippen LogP contribution is 2.28. The molecule has 0 bridgehead atoms. The molecule has 2 heterocycles. The summed E-state index contributed by atoms with van der Waals surface area (Å²) in [7, 11) is 0. The summed E-state index contributed by atoms with van der Waals surface area (Å²) in [6.45, 7) is 5.36. The van der Waals surface area contributed by atoms with E-state index in [1.165, 1.54) is 10.4 Å². The molecule has 0 spiro atoms. The van der Waals surface area contributed by atoms with Gasteiger partial charge in [-0.05, 0) is 49.0 Å². The monoisotopic (exact) mass is 246 g/mol. The lowest BCUT2D eigenvalue weighted by molar-refractivity contribution is 0.592. The Balaban J connectivity index is 2.29. The third-order valence-electron chi connectivity index (χ3n) is 2.75. The Hall–Kier alpha value is -1.19. The lowest BCUT2D eigenvalue weighted by atomic mass is 10.1. The predicted octanol–water partition coefficient (Wildman–Crippen LogP) is 3.54. The summed E-state index contributed by atoms with van der Waals surface area (Å²) in [4.78, 5) is 5.85. The van der Waals surface area contributed by atoms with Crippen LogP contribution in [0.4, 0.5) is 0 Å². The number of nitrogens with one attached hydrogen (secondary N) is 1. The van der Waals surface area contributed by atoms with E-state index in [9.17, 15) is 0 Å². The molecule has 0 aliphatic rings. The molecule has 2 nitrogen and oxygen atoms in total. The van der Waals surface area contributed by atoms with Crippen LogP contribution in [0.5, 0.6) is 0 Å². The van der Waals surface area contributed by atoms with Crippen LogP contribution in [0.15, 0.2) is 35.8 Å². The second-order valence-corrected chi connectivity index (χ2v) is 5.06. The van der Waals surface area contributed by atoms with Gasteiger partial charge in [-0.15, -0.1) is 11.3 Å². The van der Waals surface area contributed by atoms with Crippen molar-refractivity contribution in [2.75, 3.05) is 6.54 Å². The van der Waals surface area contributed by atoms with E-state index < -0.39 is 0 Å². The molecule has 0 radical (unpaired) electrons. The van der Waals surface area contributed by atoms with Crippen molar-refractivity contribution in [2.24, 2.45) is 0 Å². The van der Waals surface area contributed by atoms with Gasteiger partial charge in [-0.3, -0.25) is 4.98 Å². The van der Waals surface area contributed by atoms with Crippen LogP contribution >= 0.6 is 11.3 Å². The molecular formula is C14H18N2S. The number of aryl methyl sites for hydroxylation is 1. The summed E-state index contributed by atoms with van der Waals surface area (Å²) < 4.78 is 0. The minimum atomic E-state index is 0.233. The smallest absolute Gasteiger partial charge is 0.0847 e. The van der Waals surface area contributed by atoms with Gasteiger partial charge in [-0.1, -0.05) is 13.0 Å². The fourth-order valence-corrected chi connectivity index (χ4v) is 2.86. The molecule has 2 aromatic rings. The number of pyridine rings is 1. The quantitative estimate of drug-likeness (QED) is 0.873. The summed E-state index contributed by atoms with van der Waals surface area (Å²) >= 11 is 1.80. The van der Waals surface area contributed by atoms with Gasteiger partial charge in [-0.25, -0.2) is 0 Å². The zero-order valence-corrected chi connectivity index (χ0v) is 11.1. The molecule has 17 heavy (non-hydrogen) atoms. The van der Waals surface area contributed by atoms with Gasteiger partial charge in [0.1, 0.15) is 0 Å². The van der Waals surface area contributed by atoms with Gasteiger partial charge in [0.15, 0.2) is 0 Å². The van der Waals surface area contributed by atoms with Crippen molar-refractivity contribution in [1.29, 1.82) is 0 Å². The average molecular weight is 246 g/mol. The fraction of sp³-hybridized carbons (Fsp3) is 0.357. The standard InChI is InChI=1S/C14H18N2S/c1-3-8-16-13(12-6-4-5-9-15-12)14-11(2)7-10-17-14/h4-7,9-10,13,16H,3,8H2,1-2H3. The minimum Gasteiger partial charge on any atom is -0.304 e. The van der Waals surface area contributed by atoms with Crippen molar-refractivity contribution in [3.8, 4) is 0 Å². The first-order valence-electron chi connectivity index (χ1n) is 6.01. The van der Waals surface area contributed by atoms with E-state index in [4.69, 9.17) is 0 Å². The van der Waals surface area contributed by atoms with Crippen LogP contribution in [0.3, 0.4) is 0 Å². The van der Waals surface area contributed by atoms with E-state index >= 15 is 0 Å². The Bertz CT molecular complexity index is 450. The van der Waals surface area contributed by atoms with Crippen LogP contribution in [0.2, 0.25) is 0 Å². The van der Waals surface area contributed by atoms with Crippen LogP contribution in [0.25, 0.3) is 0 Å². The third-order valence-corrected chi connectivity index (χ3v) is 3.83. The Kier molecular flexibility index (Phi) is 4.29. The first kappa shape index (κ1) is 12.3. The Labute approximate surface area is 107 Å². The number of rotatable bonds is 5. The molecular weight excluding hydrogens is 228 g/mol. The lowest BCUT2D eigenvalue weighted by Gasteiger charge is -2.17. The predicted molar refractivity (Wildman–Crippen MR) is 73.4 cm³/mol. The van der Waals surface area contributed by atoms with E-state index in [2.05, 4.69) is 41.7 Å². The summed E-state index contributed by atoms with van der Waals surface area (Å²) in [5, 5.41) is 5.72. The second kappa shape index (κ2) is 5.94. The number of nitrogens with zero attached hydrogens (tertiary/aromatic N) is 1. The molecule has 3 heteroatoms. The Morgan fingerprint density at radius 3 is 2.82 bits per heavy atom. The van der Waals surface area contributed by atoms with Gasteiger partial charge in [-0.2, -0.15) is 0 Å². The highest BCUT2D eigenvalue weighted by atomic mass is 32.1. The van der Waals surface area contributed by atoms with E-state index in [-0.39, 0.29) is 6.04 Å². The van der Waals surface area contributed by atoms with Crippen molar-refractivity contribution in [2.45, 2.75) is 26.3 Å². The molecule has 1 N–H and O–H groups in total. The van der Waals surface area contributed by atoms with Gasteiger partial charge in [0.05, 0.1) is 11.7 Å². The van der Waals surface area contributed by atoms with Crippen LogP contribution in [-0.4, -0.2) is 11.5 Å². The first-order chi connectivity index (χ1) is 8.33. The molecule has 0 aliphatic carbocycles. The molecule has 1 atom stereocenters. The maximum atomic E-state index is 4.47. The van der Waals surface area contributed by atoms with Crippen LogP contribution in [-0.2, 0) is 0 Å². The summed E-state index contributed by atoms with van der Waals surface area (Å²) in [5.41, 5.74) is 2.45. The molecule has 2 rings (SSSR count). The van der Waals surface area contributed by atoms with Crippen molar-refractivity contribution in [3.63, 3.8) is 0 Å². The van der Waals surface area contributed by atoms with E-state index in [1.807, 2.05) is 18.3 Å². The molecule has 0 saturated heterocycles. The topological polar surface area (TPSA) is 24.9 Å². The summed E-state index contributed by atoms with van der Waals surface area (Å²) in [5.74, 6) is 0. The number of aromatic nitrogens is 1. The van der Waals surface area contributed by atoms with E-state index in [0.29, 0.717) is 0 Å². The molecule has 0 aromatic carbocycles. The fourth-order valence-electron chi connectivity index (χ4n) is 1.85. The molecule has 0 aliphatic heterocycles. The third kappa shape index (κ3) is 2.93. The van der Waals surface area contributed by atoms with Gasteiger partial charge in [0, 0.05) is 11.1 Å². The van der Waals surface area contributed by atoms with Crippen molar-refractivity contribution >= 4 is 11.3 Å². The summed E-state index contributed by atoms with van der Waals surface area (Å²) in [6.07, 6.45) is 2.99. The zero-order valence-electron chi connectivity index (χ0n) is 10.3. The highest BCUT2D eigenvalue weighted by molar-refractivity contribution is 7.10. The maximum Gasteiger partial charge on any atom is 0.0847 e. The van der Waals surface area contributed by atoms with Gasteiger partial charge in [0.25, 0.3) is 0 Å². The molecule has 1 unspecified atom stereocenters. The van der Waals surface area contributed by atoms with Crippen molar-refractivity contribution in [1.82, 2.24) is 10.3 Å².